The van der Waals surface area contributed by atoms with Crippen LogP contribution in [-0.2, 0) is 29.2 Å². The van der Waals surface area contributed by atoms with Gasteiger partial charge < -0.3 is 19.6 Å². The summed E-state index contributed by atoms with van der Waals surface area (Å²) in [6, 6.07) is 16.2. The highest BCUT2D eigenvalue weighted by molar-refractivity contribution is 6.31. The van der Waals surface area contributed by atoms with Crippen LogP contribution < -0.4 is 4.74 Å². The Labute approximate surface area is 259 Å². The average Bonchev–Trinajstić information content (AvgIpc) is 3.61. The van der Waals surface area contributed by atoms with Crippen molar-refractivity contribution in [3.8, 4) is 5.75 Å². The van der Waals surface area contributed by atoms with Gasteiger partial charge in [0.25, 0.3) is 5.91 Å². The molecule has 11 heteroatoms. The summed E-state index contributed by atoms with van der Waals surface area (Å²) in [7, 11) is 0. The van der Waals surface area contributed by atoms with Crippen LogP contribution in [0.3, 0.4) is 0 Å². The smallest absolute Gasteiger partial charge is 0.307 e. The van der Waals surface area contributed by atoms with Gasteiger partial charge >= 0.3 is 5.97 Å². The van der Waals surface area contributed by atoms with Crippen molar-refractivity contribution in [2.24, 2.45) is 11.8 Å². The first-order valence-corrected chi connectivity index (χ1v) is 15.4. The van der Waals surface area contributed by atoms with Gasteiger partial charge in [0.15, 0.2) is 11.5 Å². The van der Waals surface area contributed by atoms with Crippen LogP contribution in [0.5, 0.6) is 5.75 Å². The lowest BCUT2D eigenvalue weighted by Gasteiger charge is -2.43. The summed E-state index contributed by atoms with van der Waals surface area (Å²) in [5.74, 6) is -1.42. The number of carboxylic acids is 1. The second kappa shape index (κ2) is 11.6. The van der Waals surface area contributed by atoms with E-state index in [-0.39, 0.29) is 25.0 Å². The van der Waals surface area contributed by atoms with Crippen molar-refractivity contribution >= 4 is 35.0 Å². The summed E-state index contributed by atoms with van der Waals surface area (Å²) in [4.78, 5) is 43.6. The number of halogens is 1. The Morgan fingerprint density at radius 1 is 1.00 bits per heavy atom. The normalized spacial score (nSPS) is 21.3. The van der Waals surface area contributed by atoms with E-state index in [4.69, 9.17) is 16.3 Å². The summed E-state index contributed by atoms with van der Waals surface area (Å²) in [5, 5.41) is 19.1. The summed E-state index contributed by atoms with van der Waals surface area (Å²) in [6.45, 7) is 1.14. The van der Waals surface area contributed by atoms with Crippen LogP contribution in [0.2, 0.25) is 5.02 Å². The molecule has 0 radical (unpaired) electrons. The number of hydrogen-bond acceptors (Lipinski definition) is 6. The Balaban J connectivity index is 1.26. The lowest BCUT2D eigenvalue weighted by atomic mass is 9.77. The molecule has 3 atom stereocenters. The largest absolute Gasteiger partial charge is 0.485 e. The van der Waals surface area contributed by atoms with Gasteiger partial charge in [0.05, 0.1) is 17.9 Å². The van der Waals surface area contributed by atoms with Gasteiger partial charge in [0.2, 0.25) is 5.91 Å². The van der Waals surface area contributed by atoms with E-state index in [1.807, 2.05) is 53.1 Å². The lowest BCUT2D eigenvalue weighted by molar-refractivity contribution is -0.153. The molecular weight excluding hydrogens is 582 g/mol. The minimum atomic E-state index is -0.935. The molecule has 1 fully saturated rings. The molecular formula is C33H32ClN5O5. The van der Waals surface area contributed by atoms with E-state index in [0.717, 1.165) is 29.5 Å². The topological polar surface area (TPSA) is 117 Å². The third kappa shape index (κ3) is 4.96. The molecule has 0 bridgehead atoms. The summed E-state index contributed by atoms with van der Waals surface area (Å²) >= 11 is 6.77. The van der Waals surface area contributed by atoms with Crippen LogP contribution in [0.1, 0.15) is 64.6 Å². The molecule has 0 saturated heterocycles. The number of benzene rings is 2. The number of hydrogen-bond donors (Lipinski definition) is 1. The molecule has 0 unspecified atom stereocenters. The third-order valence-electron chi connectivity index (χ3n) is 9.29. The molecule has 0 spiro atoms. The van der Waals surface area contributed by atoms with Gasteiger partial charge in [0.1, 0.15) is 12.4 Å². The Bertz CT molecular complexity index is 1770. The first kappa shape index (κ1) is 28.3. The molecule has 10 nitrogen and oxygen atoms in total. The highest BCUT2D eigenvalue weighted by Crippen LogP contribution is 2.43. The van der Waals surface area contributed by atoms with Gasteiger partial charge in [-0.3, -0.25) is 18.8 Å². The number of ether oxygens (including phenoxy) is 1. The van der Waals surface area contributed by atoms with E-state index < -0.39 is 23.8 Å². The first-order valence-electron chi connectivity index (χ1n) is 15.0. The highest BCUT2D eigenvalue weighted by Gasteiger charge is 2.44. The van der Waals surface area contributed by atoms with E-state index >= 15 is 0 Å². The molecule has 1 aliphatic carbocycles. The SMILES string of the molecule is O=C(O)[C@H]1CCCC[C@H]1C(=O)N1CCc2c(Cl)ccc(OCc3nnc4ccccn34)c2[C@H]1CN1Cc2ccccc2C1=O. The second-order valence-corrected chi connectivity index (χ2v) is 12.2. The molecule has 2 aromatic heterocycles. The van der Waals surface area contributed by atoms with Gasteiger partial charge in [-0.15, -0.1) is 10.2 Å². The van der Waals surface area contributed by atoms with Crippen molar-refractivity contribution in [3.63, 3.8) is 0 Å². The fraction of sp³-hybridized carbons (Fsp3) is 0.364. The van der Waals surface area contributed by atoms with Gasteiger partial charge in [-0.05, 0) is 60.7 Å². The monoisotopic (exact) mass is 613 g/mol. The molecule has 3 aliphatic rings. The van der Waals surface area contributed by atoms with E-state index in [1.54, 1.807) is 21.9 Å². The molecule has 226 valence electrons. The van der Waals surface area contributed by atoms with Gasteiger partial charge in [-0.1, -0.05) is 48.7 Å². The second-order valence-electron chi connectivity index (χ2n) is 11.7. The molecule has 2 aromatic carbocycles. The van der Waals surface area contributed by atoms with Crippen LogP contribution in [0.15, 0.2) is 60.8 Å². The summed E-state index contributed by atoms with van der Waals surface area (Å²) in [6.07, 6.45) is 4.96. The molecule has 44 heavy (non-hydrogen) atoms. The molecule has 1 N–H and O–H groups in total. The van der Waals surface area contributed by atoms with Crippen LogP contribution in [0.25, 0.3) is 5.65 Å². The van der Waals surface area contributed by atoms with E-state index in [0.29, 0.717) is 60.2 Å². The minimum Gasteiger partial charge on any atom is -0.485 e. The maximum atomic E-state index is 14.3. The van der Waals surface area contributed by atoms with Crippen molar-refractivity contribution in [2.45, 2.75) is 51.3 Å². The van der Waals surface area contributed by atoms with Crippen LogP contribution in [0.4, 0.5) is 0 Å². The Morgan fingerprint density at radius 2 is 1.80 bits per heavy atom. The number of rotatable bonds is 7. The maximum Gasteiger partial charge on any atom is 0.307 e. The zero-order chi connectivity index (χ0) is 30.4. The standard InChI is InChI=1S/C33H32ClN5O5/c34-25-12-13-27(44-19-29-36-35-28-11-5-6-15-39(28)29)30-24(25)14-16-38(32(41)22-9-3-4-10-23(22)33(42)43)26(30)18-37-17-20-7-1-2-8-21(20)31(37)40/h1-2,5-8,11-13,15,22-23,26H,3-4,9-10,14,16-19H2,(H,42,43)/t22-,23+,26-/m1/s1. The number of aliphatic carboxylic acids is 1. The zero-order valence-electron chi connectivity index (χ0n) is 24.1. The van der Waals surface area contributed by atoms with E-state index in [2.05, 4.69) is 10.2 Å². The van der Waals surface area contributed by atoms with Crippen LogP contribution in [0, 0.1) is 11.8 Å². The van der Waals surface area contributed by atoms with E-state index in [1.165, 1.54) is 0 Å². The molecule has 1 saturated carbocycles. The summed E-state index contributed by atoms with van der Waals surface area (Å²) in [5.41, 5.74) is 3.91. The Morgan fingerprint density at radius 3 is 2.61 bits per heavy atom. The molecule has 4 heterocycles. The highest BCUT2D eigenvalue weighted by atomic mass is 35.5. The van der Waals surface area contributed by atoms with Crippen LogP contribution >= 0.6 is 11.6 Å². The van der Waals surface area contributed by atoms with Gasteiger partial charge in [-0.2, -0.15) is 0 Å². The number of amides is 2. The lowest BCUT2D eigenvalue weighted by Crippen LogP contribution is -2.50. The number of carboxylic acid groups (broad SMARTS) is 1. The van der Waals surface area contributed by atoms with Crippen molar-refractivity contribution in [1.29, 1.82) is 0 Å². The van der Waals surface area contributed by atoms with Crippen molar-refractivity contribution in [3.05, 3.63) is 93.9 Å². The van der Waals surface area contributed by atoms with Gasteiger partial charge in [-0.25, -0.2) is 0 Å². The number of aromatic nitrogens is 3. The maximum absolute atomic E-state index is 14.3. The fourth-order valence-electron chi connectivity index (χ4n) is 7.10. The fourth-order valence-corrected chi connectivity index (χ4v) is 7.36. The summed E-state index contributed by atoms with van der Waals surface area (Å²) < 4.78 is 8.26. The number of nitrogens with zero attached hydrogens (tertiary/aromatic N) is 5. The Hall–Kier alpha value is -4.44. The number of fused-ring (bicyclic) bond motifs is 3. The number of pyridine rings is 1. The molecule has 2 aliphatic heterocycles. The molecule has 2 amide bonds. The molecule has 7 rings (SSSR count). The predicted molar refractivity (Wildman–Crippen MR) is 161 cm³/mol. The number of carbonyl (C=O) groups excluding carboxylic acids is 2. The zero-order valence-corrected chi connectivity index (χ0v) is 24.8. The minimum absolute atomic E-state index is 0.0966. The quantitative estimate of drug-likeness (QED) is 0.314. The molecule has 4 aromatic rings. The van der Waals surface area contributed by atoms with Crippen LogP contribution in [-0.4, -0.2) is 60.4 Å². The van der Waals surface area contributed by atoms with E-state index in [9.17, 15) is 19.5 Å². The number of carbonyl (C=O) groups is 3. The van der Waals surface area contributed by atoms with Crippen molar-refractivity contribution in [1.82, 2.24) is 24.4 Å². The van der Waals surface area contributed by atoms with Crippen molar-refractivity contribution in [2.75, 3.05) is 13.1 Å². The first-order chi connectivity index (χ1) is 21.4. The predicted octanol–water partition coefficient (Wildman–Crippen LogP) is 4.93. The van der Waals surface area contributed by atoms with Gasteiger partial charge in [0, 0.05) is 42.0 Å². The Kier molecular flexibility index (Phi) is 7.45. The third-order valence-corrected chi connectivity index (χ3v) is 9.64. The van der Waals surface area contributed by atoms with Crippen molar-refractivity contribution < 1.29 is 24.2 Å². The average molecular weight is 614 g/mol.